The molecule has 0 aromatic carbocycles. The third kappa shape index (κ3) is 4.24. The first-order chi connectivity index (χ1) is 8.74. The summed E-state index contributed by atoms with van der Waals surface area (Å²) in [6, 6.07) is 0.0572. The van der Waals surface area contributed by atoms with E-state index in [-0.39, 0.29) is 6.04 Å². The molecule has 104 valence electrons. The molecule has 1 heterocycles. The molecule has 1 aromatic rings. The quantitative estimate of drug-likeness (QED) is 0.747. The Morgan fingerprint density at radius 2 is 2.28 bits per heavy atom. The molecule has 0 radical (unpaired) electrons. The molecule has 18 heavy (non-hydrogen) atoms. The third-order valence-corrected chi connectivity index (χ3v) is 2.90. The van der Waals surface area contributed by atoms with Crippen LogP contribution in [0.5, 0.6) is 0 Å². The van der Waals surface area contributed by atoms with E-state index in [1.807, 2.05) is 11.6 Å². The summed E-state index contributed by atoms with van der Waals surface area (Å²) in [6.45, 7) is 7.46. The number of nitrogens with zero attached hydrogens (tertiary/aromatic N) is 2. The normalized spacial score (nSPS) is 12.9. The third-order valence-electron chi connectivity index (χ3n) is 2.61. The van der Waals surface area contributed by atoms with Crippen LogP contribution in [0.2, 0.25) is 5.02 Å². The summed E-state index contributed by atoms with van der Waals surface area (Å²) >= 11 is 6.21. The van der Waals surface area contributed by atoms with E-state index < -0.39 is 0 Å². The summed E-state index contributed by atoms with van der Waals surface area (Å²) in [4.78, 5) is 0. The van der Waals surface area contributed by atoms with Crippen molar-refractivity contribution in [3.63, 3.8) is 0 Å². The van der Waals surface area contributed by atoms with Crippen LogP contribution in [0.3, 0.4) is 0 Å². The standard InChI is InChI=1S/C12H22ClN3O2/c1-4-14-11(9-18-5-2)12-10(13)8-15-16(12)6-7-17-3/h8,11,14H,4-7,9H2,1-3H3. The van der Waals surface area contributed by atoms with Gasteiger partial charge in [-0.2, -0.15) is 5.10 Å². The Bertz CT molecular complexity index is 344. The van der Waals surface area contributed by atoms with Gasteiger partial charge in [0.25, 0.3) is 0 Å². The highest BCUT2D eigenvalue weighted by Crippen LogP contribution is 2.23. The van der Waals surface area contributed by atoms with E-state index in [1.165, 1.54) is 0 Å². The lowest BCUT2D eigenvalue weighted by molar-refractivity contribution is 0.119. The molecule has 0 fully saturated rings. The fourth-order valence-electron chi connectivity index (χ4n) is 1.79. The molecule has 0 spiro atoms. The van der Waals surface area contributed by atoms with Crippen molar-refractivity contribution in [3.05, 3.63) is 16.9 Å². The maximum atomic E-state index is 6.21. The van der Waals surface area contributed by atoms with Gasteiger partial charge in [0.15, 0.2) is 0 Å². The molecule has 1 aromatic heterocycles. The van der Waals surface area contributed by atoms with E-state index in [4.69, 9.17) is 21.1 Å². The molecule has 0 amide bonds. The maximum Gasteiger partial charge on any atom is 0.0835 e. The molecule has 0 saturated carbocycles. The van der Waals surface area contributed by atoms with Gasteiger partial charge in [-0.3, -0.25) is 4.68 Å². The number of hydrogen-bond donors (Lipinski definition) is 1. The van der Waals surface area contributed by atoms with Crippen molar-refractivity contribution in [2.45, 2.75) is 26.4 Å². The van der Waals surface area contributed by atoms with Crippen molar-refractivity contribution >= 4 is 11.6 Å². The van der Waals surface area contributed by atoms with Crippen LogP contribution in [0.4, 0.5) is 0 Å². The number of ether oxygens (including phenoxy) is 2. The second-order valence-electron chi connectivity index (χ2n) is 3.86. The monoisotopic (exact) mass is 275 g/mol. The second kappa shape index (κ2) is 8.48. The molecular formula is C12H22ClN3O2. The minimum absolute atomic E-state index is 0.0572. The van der Waals surface area contributed by atoms with Crippen LogP contribution in [-0.4, -0.2) is 43.3 Å². The zero-order chi connectivity index (χ0) is 13.4. The molecule has 6 heteroatoms. The van der Waals surface area contributed by atoms with Crippen LogP contribution < -0.4 is 5.32 Å². The van der Waals surface area contributed by atoms with E-state index in [0.29, 0.717) is 31.4 Å². The van der Waals surface area contributed by atoms with Gasteiger partial charge in [0.1, 0.15) is 0 Å². The van der Waals surface area contributed by atoms with Crippen molar-refractivity contribution in [1.29, 1.82) is 0 Å². The zero-order valence-corrected chi connectivity index (χ0v) is 12.0. The Labute approximate surface area is 113 Å². The van der Waals surface area contributed by atoms with E-state index in [1.54, 1.807) is 13.3 Å². The minimum Gasteiger partial charge on any atom is -0.383 e. The number of hydrogen-bond acceptors (Lipinski definition) is 4. The highest BCUT2D eigenvalue weighted by Gasteiger charge is 2.19. The van der Waals surface area contributed by atoms with Gasteiger partial charge >= 0.3 is 0 Å². The summed E-state index contributed by atoms with van der Waals surface area (Å²) < 4.78 is 12.4. The number of methoxy groups -OCH3 is 1. The lowest BCUT2D eigenvalue weighted by Crippen LogP contribution is -2.28. The Balaban J connectivity index is 2.83. The first-order valence-electron chi connectivity index (χ1n) is 6.25. The van der Waals surface area contributed by atoms with Crippen molar-refractivity contribution in [2.24, 2.45) is 0 Å². The lowest BCUT2D eigenvalue weighted by atomic mass is 10.2. The zero-order valence-electron chi connectivity index (χ0n) is 11.3. The molecule has 0 aliphatic rings. The Morgan fingerprint density at radius 3 is 2.89 bits per heavy atom. The summed E-state index contributed by atoms with van der Waals surface area (Å²) in [7, 11) is 1.67. The van der Waals surface area contributed by atoms with Crippen LogP contribution in [0.15, 0.2) is 6.20 Å². The van der Waals surface area contributed by atoms with Crippen LogP contribution in [-0.2, 0) is 16.0 Å². The average molecular weight is 276 g/mol. The van der Waals surface area contributed by atoms with Crippen LogP contribution in [0, 0.1) is 0 Å². The smallest absolute Gasteiger partial charge is 0.0835 e. The van der Waals surface area contributed by atoms with Gasteiger partial charge in [-0.1, -0.05) is 18.5 Å². The predicted octanol–water partition coefficient (Wildman–Crippen LogP) is 1.87. The molecule has 1 N–H and O–H groups in total. The van der Waals surface area contributed by atoms with Crippen LogP contribution in [0.25, 0.3) is 0 Å². The molecule has 0 bridgehead atoms. The molecule has 1 atom stereocenters. The molecule has 0 saturated heterocycles. The summed E-state index contributed by atoms with van der Waals surface area (Å²) in [5.41, 5.74) is 0.962. The van der Waals surface area contributed by atoms with Crippen molar-refractivity contribution in [2.75, 3.05) is 33.5 Å². The Morgan fingerprint density at radius 1 is 1.50 bits per heavy atom. The SMILES string of the molecule is CCNC(COCC)c1c(Cl)cnn1CCOC. The van der Waals surface area contributed by atoms with Crippen LogP contribution in [0.1, 0.15) is 25.6 Å². The highest BCUT2D eigenvalue weighted by molar-refractivity contribution is 6.31. The second-order valence-corrected chi connectivity index (χ2v) is 4.27. The Kier molecular flexibility index (Phi) is 7.27. The number of halogens is 1. The molecule has 0 aliphatic heterocycles. The fraction of sp³-hybridized carbons (Fsp3) is 0.750. The first kappa shape index (κ1) is 15.4. The van der Waals surface area contributed by atoms with E-state index >= 15 is 0 Å². The van der Waals surface area contributed by atoms with Gasteiger partial charge in [0.2, 0.25) is 0 Å². The fourth-order valence-corrected chi connectivity index (χ4v) is 2.06. The van der Waals surface area contributed by atoms with E-state index in [9.17, 15) is 0 Å². The topological polar surface area (TPSA) is 48.3 Å². The number of nitrogens with one attached hydrogen (secondary N) is 1. The van der Waals surface area contributed by atoms with Gasteiger partial charge in [0.05, 0.1) is 42.7 Å². The van der Waals surface area contributed by atoms with Gasteiger partial charge in [-0.05, 0) is 13.5 Å². The molecule has 1 unspecified atom stereocenters. The predicted molar refractivity (Wildman–Crippen MR) is 72.0 cm³/mol. The molecule has 0 aliphatic carbocycles. The Hall–Kier alpha value is -0.620. The van der Waals surface area contributed by atoms with Gasteiger partial charge < -0.3 is 14.8 Å². The molecule has 1 rings (SSSR count). The van der Waals surface area contributed by atoms with Gasteiger partial charge in [0, 0.05) is 13.7 Å². The maximum absolute atomic E-state index is 6.21. The van der Waals surface area contributed by atoms with Crippen molar-refractivity contribution in [3.8, 4) is 0 Å². The van der Waals surface area contributed by atoms with Crippen LogP contribution >= 0.6 is 11.6 Å². The van der Waals surface area contributed by atoms with Crippen molar-refractivity contribution in [1.82, 2.24) is 15.1 Å². The largest absolute Gasteiger partial charge is 0.383 e. The van der Waals surface area contributed by atoms with E-state index in [2.05, 4.69) is 17.3 Å². The van der Waals surface area contributed by atoms with Crippen molar-refractivity contribution < 1.29 is 9.47 Å². The van der Waals surface area contributed by atoms with Gasteiger partial charge in [-0.15, -0.1) is 0 Å². The number of rotatable bonds is 9. The summed E-state index contributed by atoms with van der Waals surface area (Å²) in [5, 5.41) is 8.30. The molecular weight excluding hydrogens is 254 g/mol. The lowest BCUT2D eigenvalue weighted by Gasteiger charge is -2.19. The number of aromatic nitrogens is 2. The van der Waals surface area contributed by atoms with E-state index in [0.717, 1.165) is 12.2 Å². The summed E-state index contributed by atoms with van der Waals surface area (Å²) in [5.74, 6) is 0. The first-order valence-corrected chi connectivity index (χ1v) is 6.63. The highest BCUT2D eigenvalue weighted by atomic mass is 35.5. The average Bonchev–Trinajstić information content (AvgIpc) is 2.73. The molecule has 5 nitrogen and oxygen atoms in total. The minimum atomic E-state index is 0.0572. The summed E-state index contributed by atoms with van der Waals surface area (Å²) in [6.07, 6.45) is 1.67. The van der Waals surface area contributed by atoms with Gasteiger partial charge in [-0.25, -0.2) is 0 Å². The number of likely N-dealkylation sites (N-methyl/N-ethyl adjacent to an activating group) is 1.